The smallest absolute Gasteiger partial charge is 0.298 e. The molecule has 1 heterocycles. The van der Waals surface area contributed by atoms with Crippen LogP contribution in [0.3, 0.4) is 0 Å². The summed E-state index contributed by atoms with van der Waals surface area (Å²) in [5.41, 5.74) is 0.559. The minimum atomic E-state index is -3.79. The van der Waals surface area contributed by atoms with Crippen LogP contribution in [0.1, 0.15) is 10.5 Å². The molecule has 8 heteroatoms. The van der Waals surface area contributed by atoms with E-state index in [9.17, 15) is 18.0 Å². The highest BCUT2D eigenvalue weighted by Gasteiger charge is 2.18. The fourth-order valence-corrected chi connectivity index (χ4v) is 2.24. The number of amides is 1. The van der Waals surface area contributed by atoms with Gasteiger partial charge in [0, 0.05) is 18.9 Å². The lowest BCUT2D eigenvalue weighted by Crippen LogP contribution is -2.24. The molecule has 0 unspecified atom stereocenters. The highest BCUT2D eigenvalue weighted by Crippen LogP contribution is 2.13. The maximum absolute atomic E-state index is 11.9. The first-order valence-corrected chi connectivity index (χ1v) is 7.43. The van der Waals surface area contributed by atoms with Crippen molar-refractivity contribution in [2.24, 2.45) is 12.2 Å². The summed E-state index contributed by atoms with van der Waals surface area (Å²) in [6.07, 6.45) is 1.65. The van der Waals surface area contributed by atoms with E-state index in [4.69, 9.17) is 5.14 Å². The van der Waals surface area contributed by atoms with Gasteiger partial charge in [0.05, 0.1) is 10.6 Å². The summed E-state index contributed by atoms with van der Waals surface area (Å²) in [6.45, 7) is 0. The highest BCUT2D eigenvalue weighted by molar-refractivity contribution is 7.89. The van der Waals surface area contributed by atoms with Crippen LogP contribution >= 0.6 is 0 Å². The van der Waals surface area contributed by atoms with E-state index in [1.807, 2.05) is 0 Å². The summed E-state index contributed by atoms with van der Waals surface area (Å²) in [5, 5.41) is 7.36. The molecule has 0 saturated heterocycles. The fourth-order valence-electron chi connectivity index (χ4n) is 1.73. The number of hydrogen-bond acceptors (Lipinski definition) is 4. The predicted molar refractivity (Wildman–Crippen MR) is 76.2 cm³/mol. The molecule has 0 radical (unpaired) electrons. The Morgan fingerprint density at radius 1 is 1.14 bits per heavy atom. The van der Waals surface area contributed by atoms with Crippen molar-refractivity contribution in [2.45, 2.75) is 4.90 Å². The van der Waals surface area contributed by atoms with E-state index in [0.29, 0.717) is 5.69 Å². The van der Waals surface area contributed by atoms with Crippen molar-refractivity contribution in [1.29, 1.82) is 0 Å². The number of nitrogens with two attached hydrogens (primary N) is 1. The molecular formula is C13H13N3O4S. The van der Waals surface area contributed by atoms with Crippen LogP contribution in [0, 0.1) is 0 Å². The second-order valence-electron chi connectivity index (χ2n) is 4.36. The summed E-state index contributed by atoms with van der Waals surface area (Å²) in [7, 11) is -2.13. The number of nitrogens with one attached hydrogen (secondary N) is 1. The topological polar surface area (TPSA) is 111 Å². The molecule has 2 rings (SSSR count). The van der Waals surface area contributed by atoms with Crippen LogP contribution in [0.25, 0.3) is 0 Å². The maximum Gasteiger partial charge on any atom is 0.298 e. The Labute approximate surface area is 121 Å². The lowest BCUT2D eigenvalue weighted by Gasteiger charge is -2.06. The normalized spacial score (nSPS) is 11.1. The number of primary sulfonamides is 1. The molecule has 0 spiro atoms. The van der Waals surface area contributed by atoms with Gasteiger partial charge in [-0.15, -0.1) is 0 Å². The van der Waals surface area contributed by atoms with E-state index in [-0.39, 0.29) is 10.6 Å². The Bertz CT molecular complexity index is 791. The van der Waals surface area contributed by atoms with Crippen LogP contribution < -0.4 is 10.5 Å². The van der Waals surface area contributed by atoms with Gasteiger partial charge in [0.1, 0.15) is 0 Å². The zero-order valence-electron chi connectivity index (χ0n) is 11.1. The van der Waals surface area contributed by atoms with Crippen LogP contribution in [-0.4, -0.2) is 24.7 Å². The molecule has 7 nitrogen and oxygen atoms in total. The van der Waals surface area contributed by atoms with Gasteiger partial charge in [0.15, 0.2) is 0 Å². The molecule has 0 atom stereocenters. The van der Waals surface area contributed by atoms with Crippen molar-refractivity contribution in [3.05, 3.63) is 48.3 Å². The number of ketones is 1. The fraction of sp³-hybridized carbons (Fsp3) is 0.0769. The third-order valence-electron chi connectivity index (χ3n) is 2.82. The summed E-state index contributed by atoms with van der Waals surface area (Å²) in [4.78, 5) is 23.7. The van der Waals surface area contributed by atoms with Gasteiger partial charge in [-0.05, 0) is 36.4 Å². The molecule has 2 aromatic rings. The van der Waals surface area contributed by atoms with Crippen LogP contribution in [0.15, 0.2) is 47.5 Å². The van der Waals surface area contributed by atoms with Crippen molar-refractivity contribution >= 4 is 27.4 Å². The number of nitrogens with zero attached hydrogens (tertiary/aromatic N) is 1. The number of aryl methyl sites for hydroxylation is 1. The van der Waals surface area contributed by atoms with Crippen LogP contribution in [-0.2, 0) is 21.9 Å². The van der Waals surface area contributed by atoms with E-state index < -0.39 is 21.7 Å². The lowest BCUT2D eigenvalue weighted by molar-refractivity contribution is -0.112. The summed E-state index contributed by atoms with van der Waals surface area (Å²) in [6, 6.07) is 8.40. The molecule has 1 aromatic heterocycles. The number of carbonyl (C=O) groups excluding carboxylic acids is 2. The molecule has 0 bridgehead atoms. The molecule has 0 aliphatic heterocycles. The number of rotatable bonds is 4. The highest BCUT2D eigenvalue weighted by atomic mass is 32.2. The molecule has 0 aliphatic carbocycles. The van der Waals surface area contributed by atoms with Crippen molar-refractivity contribution in [2.75, 3.05) is 5.32 Å². The van der Waals surface area contributed by atoms with E-state index in [1.165, 1.54) is 34.9 Å². The van der Waals surface area contributed by atoms with Gasteiger partial charge in [-0.1, -0.05) is 0 Å². The summed E-state index contributed by atoms with van der Waals surface area (Å²) in [5.74, 6) is -1.49. The third kappa shape index (κ3) is 3.36. The van der Waals surface area contributed by atoms with Crippen LogP contribution in [0.2, 0.25) is 0 Å². The van der Waals surface area contributed by atoms with Gasteiger partial charge in [-0.3, -0.25) is 9.59 Å². The minimum absolute atomic E-state index is 0.0748. The molecule has 21 heavy (non-hydrogen) atoms. The number of benzene rings is 1. The molecular weight excluding hydrogens is 294 g/mol. The molecule has 0 fully saturated rings. The number of sulfonamides is 1. The Kier molecular flexibility index (Phi) is 3.92. The zero-order chi connectivity index (χ0) is 15.6. The van der Waals surface area contributed by atoms with E-state index in [2.05, 4.69) is 5.32 Å². The Morgan fingerprint density at radius 2 is 1.76 bits per heavy atom. The number of anilines is 1. The average molecular weight is 307 g/mol. The molecule has 0 saturated carbocycles. The summed E-state index contributed by atoms with van der Waals surface area (Å²) < 4.78 is 23.7. The SMILES string of the molecule is Cn1cccc1C(=O)C(=O)Nc1ccc(S(N)(=O)=O)cc1. The van der Waals surface area contributed by atoms with Crippen molar-refractivity contribution in [3.8, 4) is 0 Å². The quantitative estimate of drug-likeness (QED) is 0.632. The molecule has 1 aromatic carbocycles. The predicted octanol–water partition coefficient (Wildman–Crippen LogP) is 0.494. The second-order valence-corrected chi connectivity index (χ2v) is 5.92. The van der Waals surface area contributed by atoms with Crippen molar-refractivity contribution in [3.63, 3.8) is 0 Å². The van der Waals surface area contributed by atoms with Gasteiger partial charge in [-0.2, -0.15) is 0 Å². The van der Waals surface area contributed by atoms with Gasteiger partial charge >= 0.3 is 0 Å². The van der Waals surface area contributed by atoms with Gasteiger partial charge in [0.2, 0.25) is 10.0 Å². The minimum Gasteiger partial charge on any atom is -0.348 e. The number of aromatic nitrogens is 1. The Balaban J connectivity index is 2.13. The van der Waals surface area contributed by atoms with Gasteiger partial charge in [0.25, 0.3) is 11.7 Å². The lowest BCUT2D eigenvalue weighted by atomic mass is 10.2. The zero-order valence-corrected chi connectivity index (χ0v) is 11.9. The number of Topliss-reactive ketones (excluding diaryl/α,β-unsaturated/α-hetero) is 1. The molecule has 3 N–H and O–H groups in total. The first-order chi connectivity index (χ1) is 9.79. The van der Waals surface area contributed by atoms with Gasteiger partial charge < -0.3 is 9.88 Å². The Hall–Kier alpha value is -2.45. The third-order valence-corrected chi connectivity index (χ3v) is 3.75. The van der Waals surface area contributed by atoms with Gasteiger partial charge in [-0.25, -0.2) is 13.6 Å². The largest absolute Gasteiger partial charge is 0.348 e. The van der Waals surface area contributed by atoms with Crippen molar-refractivity contribution < 1.29 is 18.0 Å². The standard InChI is InChI=1S/C13H13N3O4S/c1-16-8-2-3-11(16)12(17)13(18)15-9-4-6-10(7-5-9)21(14,19)20/h2-8H,1H3,(H,15,18)(H2,14,19,20). The number of hydrogen-bond donors (Lipinski definition) is 2. The van der Waals surface area contributed by atoms with E-state index >= 15 is 0 Å². The molecule has 110 valence electrons. The van der Waals surface area contributed by atoms with Crippen LogP contribution in [0.5, 0.6) is 0 Å². The maximum atomic E-state index is 11.9. The second kappa shape index (κ2) is 5.51. The monoisotopic (exact) mass is 307 g/mol. The first kappa shape index (κ1) is 14.9. The number of carbonyl (C=O) groups is 2. The summed E-state index contributed by atoms with van der Waals surface area (Å²) >= 11 is 0. The molecule has 0 aliphatic rings. The van der Waals surface area contributed by atoms with Crippen LogP contribution in [0.4, 0.5) is 5.69 Å². The Morgan fingerprint density at radius 3 is 2.24 bits per heavy atom. The van der Waals surface area contributed by atoms with E-state index in [1.54, 1.807) is 19.3 Å². The first-order valence-electron chi connectivity index (χ1n) is 5.89. The van der Waals surface area contributed by atoms with E-state index in [0.717, 1.165) is 0 Å². The molecule has 1 amide bonds. The average Bonchev–Trinajstić information content (AvgIpc) is 2.83. The van der Waals surface area contributed by atoms with Crippen molar-refractivity contribution in [1.82, 2.24) is 4.57 Å².